The van der Waals surface area contributed by atoms with Crippen molar-refractivity contribution in [1.82, 2.24) is 0 Å². The lowest BCUT2D eigenvalue weighted by molar-refractivity contribution is 0.153. The zero-order chi connectivity index (χ0) is 12.8. The lowest BCUT2D eigenvalue weighted by Crippen LogP contribution is -2.31. The zero-order valence-electron chi connectivity index (χ0n) is 9.24. The van der Waals surface area contributed by atoms with Crippen molar-refractivity contribution in [2.24, 2.45) is 5.73 Å². The molecule has 3 nitrogen and oxygen atoms in total. The molecule has 0 saturated carbocycles. The highest BCUT2D eigenvalue weighted by Crippen LogP contribution is 2.24. The first-order chi connectivity index (χ1) is 8.08. The molecule has 6 heteroatoms. The summed E-state index contributed by atoms with van der Waals surface area (Å²) in [7, 11) is 0. The van der Waals surface area contributed by atoms with E-state index in [9.17, 15) is 8.78 Å². The largest absolute Gasteiger partial charge is 0.395 e. The Kier molecular flexibility index (Phi) is 5.61. The van der Waals surface area contributed by atoms with Crippen molar-refractivity contribution in [1.29, 1.82) is 0 Å². The van der Waals surface area contributed by atoms with Crippen LogP contribution < -0.4 is 10.6 Å². The molecule has 3 N–H and O–H groups in total. The molecule has 0 fully saturated rings. The topological polar surface area (TPSA) is 49.5 Å². The minimum absolute atomic E-state index is 0.142. The first-order valence-corrected chi connectivity index (χ1v) is 5.58. The average Bonchev–Trinajstić information content (AvgIpc) is 2.28. The van der Waals surface area contributed by atoms with Crippen LogP contribution in [-0.2, 0) is 6.54 Å². The average molecular weight is 265 g/mol. The van der Waals surface area contributed by atoms with E-state index in [1.807, 2.05) is 0 Å². The Hall–Kier alpha value is -0.910. The SMILES string of the molecule is NCc1ccc(N(CCO)CC(F)F)cc1Cl. The van der Waals surface area contributed by atoms with Gasteiger partial charge in [-0.3, -0.25) is 0 Å². The van der Waals surface area contributed by atoms with Crippen LogP contribution in [0.15, 0.2) is 18.2 Å². The number of nitrogens with zero attached hydrogens (tertiary/aromatic N) is 1. The molecule has 0 radical (unpaired) electrons. The number of hydrogen-bond acceptors (Lipinski definition) is 3. The van der Waals surface area contributed by atoms with E-state index < -0.39 is 13.0 Å². The Balaban J connectivity index is 2.89. The summed E-state index contributed by atoms with van der Waals surface area (Å²) in [4.78, 5) is 1.39. The maximum absolute atomic E-state index is 12.4. The molecule has 1 aromatic carbocycles. The third-order valence-electron chi connectivity index (χ3n) is 2.35. The molecule has 0 atom stereocenters. The molecule has 17 heavy (non-hydrogen) atoms. The summed E-state index contributed by atoms with van der Waals surface area (Å²) in [5.74, 6) is 0. The van der Waals surface area contributed by atoms with Gasteiger partial charge in [-0.1, -0.05) is 17.7 Å². The van der Waals surface area contributed by atoms with Crippen molar-refractivity contribution in [2.75, 3.05) is 24.6 Å². The number of nitrogens with two attached hydrogens (primary N) is 1. The standard InChI is InChI=1S/C11H15ClF2N2O/c12-10-5-9(2-1-8(10)6-15)16(3-4-17)7-11(13)14/h1-2,5,11,17H,3-4,6-7,15H2. The third-order valence-corrected chi connectivity index (χ3v) is 2.70. The van der Waals surface area contributed by atoms with Gasteiger partial charge in [-0.05, 0) is 17.7 Å². The van der Waals surface area contributed by atoms with Crippen LogP contribution in [0.1, 0.15) is 5.56 Å². The van der Waals surface area contributed by atoms with Gasteiger partial charge in [-0.15, -0.1) is 0 Å². The summed E-state index contributed by atoms with van der Waals surface area (Å²) in [6.07, 6.45) is -2.46. The molecule has 1 aromatic rings. The van der Waals surface area contributed by atoms with Crippen molar-refractivity contribution in [3.63, 3.8) is 0 Å². The van der Waals surface area contributed by atoms with Crippen LogP contribution in [-0.4, -0.2) is 31.2 Å². The summed E-state index contributed by atoms with van der Waals surface area (Å²) in [5, 5.41) is 9.29. The number of aliphatic hydroxyl groups excluding tert-OH is 1. The number of aliphatic hydroxyl groups is 1. The monoisotopic (exact) mass is 264 g/mol. The van der Waals surface area contributed by atoms with E-state index in [2.05, 4.69) is 0 Å². The number of anilines is 1. The lowest BCUT2D eigenvalue weighted by atomic mass is 10.2. The van der Waals surface area contributed by atoms with Gasteiger partial charge in [0, 0.05) is 23.8 Å². The van der Waals surface area contributed by atoms with E-state index in [1.165, 1.54) is 4.90 Å². The van der Waals surface area contributed by atoms with Crippen LogP contribution in [0, 0.1) is 0 Å². The Labute approximate surface area is 104 Å². The van der Waals surface area contributed by atoms with Gasteiger partial charge in [0.05, 0.1) is 13.2 Å². The molecule has 96 valence electrons. The van der Waals surface area contributed by atoms with Crippen molar-refractivity contribution >= 4 is 17.3 Å². The van der Waals surface area contributed by atoms with Gasteiger partial charge in [0.15, 0.2) is 0 Å². The summed E-state index contributed by atoms with van der Waals surface area (Å²) < 4.78 is 24.7. The van der Waals surface area contributed by atoms with Crippen LogP contribution in [0.25, 0.3) is 0 Å². The van der Waals surface area contributed by atoms with Gasteiger partial charge >= 0.3 is 0 Å². The second-order valence-electron chi connectivity index (χ2n) is 3.54. The summed E-state index contributed by atoms with van der Waals surface area (Å²) in [6, 6.07) is 4.96. The maximum Gasteiger partial charge on any atom is 0.255 e. The molecule has 0 aliphatic heterocycles. The van der Waals surface area contributed by atoms with Gasteiger partial charge in [0.1, 0.15) is 0 Å². The summed E-state index contributed by atoms with van der Waals surface area (Å²) in [5.41, 5.74) is 6.78. The summed E-state index contributed by atoms with van der Waals surface area (Å²) >= 11 is 5.95. The highest BCUT2D eigenvalue weighted by atomic mass is 35.5. The number of benzene rings is 1. The fourth-order valence-electron chi connectivity index (χ4n) is 1.51. The molecule has 0 amide bonds. The first-order valence-electron chi connectivity index (χ1n) is 5.21. The van der Waals surface area contributed by atoms with Crippen LogP contribution in [0.4, 0.5) is 14.5 Å². The number of halogens is 3. The summed E-state index contributed by atoms with van der Waals surface area (Å²) in [6.45, 7) is -0.182. The second kappa shape index (κ2) is 6.74. The van der Waals surface area contributed by atoms with Gasteiger partial charge in [0.25, 0.3) is 6.43 Å². The zero-order valence-corrected chi connectivity index (χ0v) is 10.00. The molecule has 0 aliphatic rings. The Morgan fingerprint density at radius 3 is 2.59 bits per heavy atom. The van der Waals surface area contributed by atoms with E-state index in [0.29, 0.717) is 17.3 Å². The molecule has 1 rings (SSSR count). The molecule has 0 aliphatic carbocycles. The molecule has 0 unspecified atom stereocenters. The minimum Gasteiger partial charge on any atom is -0.395 e. The number of rotatable bonds is 6. The van der Waals surface area contributed by atoms with Crippen LogP contribution in [0.3, 0.4) is 0 Å². The molecular formula is C11H15ClF2N2O. The Bertz CT molecular complexity index is 363. The second-order valence-corrected chi connectivity index (χ2v) is 3.95. The maximum atomic E-state index is 12.4. The first kappa shape index (κ1) is 14.2. The Morgan fingerprint density at radius 1 is 1.41 bits per heavy atom. The molecule has 0 heterocycles. The van der Waals surface area contributed by atoms with Gasteiger partial charge in [-0.25, -0.2) is 8.78 Å². The fraction of sp³-hybridized carbons (Fsp3) is 0.455. The molecule has 0 aromatic heterocycles. The van der Waals surface area contributed by atoms with E-state index in [4.69, 9.17) is 22.4 Å². The van der Waals surface area contributed by atoms with Crippen LogP contribution in [0.5, 0.6) is 0 Å². The normalized spacial score (nSPS) is 10.9. The fourth-order valence-corrected chi connectivity index (χ4v) is 1.76. The molecule has 0 spiro atoms. The van der Waals surface area contributed by atoms with Gasteiger partial charge in [0.2, 0.25) is 0 Å². The number of alkyl halides is 2. The van der Waals surface area contributed by atoms with E-state index in [-0.39, 0.29) is 13.2 Å². The lowest BCUT2D eigenvalue weighted by Gasteiger charge is -2.24. The predicted octanol–water partition coefficient (Wildman–Crippen LogP) is 1.86. The van der Waals surface area contributed by atoms with Crippen molar-refractivity contribution < 1.29 is 13.9 Å². The van der Waals surface area contributed by atoms with E-state index >= 15 is 0 Å². The highest BCUT2D eigenvalue weighted by molar-refractivity contribution is 6.31. The molecule has 0 saturated heterocycles. The van der Waals surface area contributed by atoms with Crippen molar-refractivity contribution in [3.8, 4) is 0 Å². The van der Waals surface area contributed by atoms with Crippen LogP contribution in [0.2, 0.25) is 5.02 Å². The van der Waals surface area contributed by atoms with Gasteiger partial charge in [-0.2, -0.15) is 0 Å². The van der Waals surface area contributed by atoms with Crippen molar-refractivity contribution in [2.45, 2.75) is 13.0 Å². The predicted molar refractivity (Wildman–Crippen MR) is 64.6 cm³/mol. The smallest absolute Gasteiger partial charge is 0.255 e. The molecular weight excluding hydrogens is 250 g/mol. The molecule has 0 bridgehead atoms. The number of hydrogen-bond donors (Lipinski definition) is 2. The third kappa shape index (κ3) is 4.11. The minimum atomic E-state index is -2.46. The van der Waals surface area contributed by atoms with Gasteiger partial charge < -0.3 is 15.7 Å². The highest BCUT2D eigenvalue weighted by Gasteiger charge is 2.13. The van der Waals surface area contributed by atoms with E-state index in [1.54, 1.807) is 18.2 Å². The van der Waals surface area contributed by atoms with E-state index in [0.717, 1.165) is 5.56 Å². The quantitative estimate of drug-likeness (QED) is 0.825. The Morgan fingerprint density at radius 2 is 2.12 bits per heavy atom. The van der Waals surface area contributed by atoms with Crippen LogP contribution >= 0.6 is 11.6 Å². The van der Waals surface area contributed by atoms with Crippen molar-refractivity contribution in [3.05, 3.63) is 28.8 Å².